The third-order valence-corrected chi connectivity index (χ3v) is 6.77. The summed E-state index contributed by atoms with van der Waals surface area (Å²) in [5, 5.41) is 3.53. The predicted octanol–water partition coefficient (Wildman–Crippen LogP) is 6.90. The Hall–Kier alpha value is -2.97. The van der Waals surface area contributed by atoms with Crippen LogP contribution in [0.3, 0.4) is 0 Å². The Kier molecular flexibility index (Phi) is 8.03. The predicted molar refractivity (Wildman–Crippen MR) is 140 cm³/mol. The molecule has 1 aliphatic heterocycles. The van der Waals surface area contributed by atoms with Gasteiger partial charge in [-0.2, -0.15) is 0 Å². The number of imide groups is 1. The molecular formula is C25H17Cl3N2O4S. The van der Waals surface area contributed by atoms with Gasteiger partial charge in [-0.1, -0.05) is 65.1 Å². The molecule has 3 aromatic carbocycles. The van der Waals surface area contributed by atoms with E-state index in [0.29, 0.717) is 37.6 Å². The zero-order valence-corrected chi connectivity index (χ0v) is 21.0. The molecule has 4 rings (SSSR count). The molecule has 0 spiro atoms. The van der Waals surface area contributed by atoms with Crippen molar-refractivity contribution in [3.8, 4) is 5.75 Å². The van der Waals surface area contributed by atoms with Gasteiger partial charge in [0.05, 0.1) is 22.2 Å². The number of hydrogen-bond acceptors (Lipinski definition) is 5. The highest BCUT2D eigenvalue weighted by molar-refractivity contribution is 8.18. The summed E-state index contributed by atoms with van der Waals surface area (Å²) in [5.74, 6) is -0.553. The van der Waals surface area contributed by atoms with Crippen molar-refractivity contribution in [3.05, 3.63) is 97.8 Å². The Labute approximate surface area is 220 Å². The number of halogens is 3. The molecule has 0 atom stereocenters. The number of rotatable bonds is 7. The van der Waals surface area contributed by atoms with E-state index < -0.39 is 17.1 Å². The maximum absolute atomic E-state index is 13.0. The van der Waals surface area contributed by atoms with Gasteiger partial charge in [-0.25, -0.2) is 0 Å². The van der Waals surface area contributed by atoms with Crippen molar-refractivity contribution in [2.24, 2.45) is 0 Å². The molecule has 1 saturated heterocycles. The van der Waals surface area contributed by atoms with Crippen LogP contribution in [0.1, 0.15) is 11.1 Å². The fraction of sp³-hybridized carbons (Fsp3) is 0.0800. The molecule has 0 aliphatic carbocycles. The second kappa shape index (κ2) is 11.2. The largest absolute Gasteiger partial charge is 0.483 e. The highest BCUT2D eigenvalue weighted by Gasteiger charge is 2.35. The molecule has 1 N–H and O–H groups in total. The van der Waals surface area contributed by atoms with Crippen molar-refractivity contribution >= 4 is 75.4 Å². The third-order valence-electron chi connectivity index (χ3n) is 4.93. The number of carbonyl (C=O) groups excluding carboxylic acids is 3. The third kappa shape index (κ3) is 6.18. The zero-order chi connectivity index (χ0) is 24.9. The van der Waals surface area contributed by atoms with Crippen molar-refractivity contribution in [3.63, 3.8) is 0 Å². The van der Waals surface area contributed by atoms with Gasteiger partial charge in [-0.05, 0) is 59.8 Å². The summed E-state index contributed by atoms with van der Waals surface area (Å²) in [7, 11) is 0. The number of ether oxygens (including phenoxy) is 1. The standard InChI is InChI=1S/C25H17Cl3N2O4S/c26-17-9-10-21(34-14-23(31)29-20-8-4-3-7-19(20)28)16(11-17)12-22-24(32)30(25(33)35-22)13-15-5-1-2-6-18(15)27/h1-12H,13-14H2,(H,29,31)/b22-12-. The summed E-state index contributed by atoms with van der Waals surface area (Å²) in [6.07, 6.45) is 1.52. The molecule has 3 aromatic rings. The number of hydrogen-bond donors (Lipinski definition) is 1. The van der Waals surface area contributed by atoms with E-state index in [2.05, 4.69) is 5.32 Å². The van der Waals surface area contributed by atoms with Crippen LogP contribution in [-0.4, -0.2) is 28.6 Å². The van der Waals surface area contributed by atoms with Gasteiger partial charge >= 0.3 is 0 Å². The first-order valence-electron chi connectivity index (χ1n) is 10.3. The average molecular weight is 548 g/mol. The van der Waals surface area contributed by atoms with Gasteiger partial charge in [0, 0.05) is 15.6 Å². The lowest BCUT2D eigenvalue weighted by atomic mass is 10.1. The summed E-state index contributed by atoms with van der Waals surface area (Å²) in [6.45, 7) is -0.246. The van der Waals surface area contributed by atoms with Gasteiger partial charge in [0.25, 0.3) is 17.1 Å². The van der Waals surface area contributed by atoms with Crippen LogP contribution in [0.4, 0.5) is 10.5 Å². The van der Waals surface area contributed by atoms with Crippen molar-refractivity contribution < 1.29 is 19.1 Å². The van der Waals surface area contributed by atoms with Crippen molar-refractivity contribution in [1.82, 2.24) is 4.90 Å². The molecule has 3 amide bonds. The maximum Gasteiger partial charge on any atom is 0.293 e. The normalized spacial score (nSPS) is 14.5. The van der Waals surface area contributed by atoms with Crippen molar-refractivity contribution in [2.75, 3.05) is 11.9 Å². The molecule has 0 radical (unpaired) electrons. The molecule has 1 heterocycles. The van der Waals surface area contributed by atoms with Crippen LogP contribution in [-0.2, 0) is 16.1 Å². The van der Waals surface area contributed by atoms with E-state index >= 15 is 0 Å². The van der Waals surface area contributed by atoms with E-state index in [1.165, 1.54) is 6.08 Å². The Bertz CT molecular complexity index is 1350. The van der Waals surface area contributed by atoms with Crippen LogP contribution in [0.5, 0.6) is 5.75 Å². The van der Waals surface area contributed by atoms with E-state index in [-0.39, 0.29) is 18.1 Å². The van der Waals surface area contributed by atoms with Crippen LogP contribution in [0.2, 0.25) is 15.1 Å². The summed E-state index contributed by atoms with van der Waals surface area (Å²) >= 11 is 19.2. The van der Waals surface area contributed by atoms with E-state index in [1.54, 1.807) is 66.7 Å². The van der Waals surface area contributed by atoms with E-state index in [9.17, 15) is 14.4 Å². The molecule has 1 fully saturated rings. The molecule has 0 bridgehead atoms. The van der Waals surface area contributed by atoms with Gasteiger partial charge in [0.1, 0.15) is 5.75 Å². The Morgan fingerprint density at radius 2 is 1.69 bits per heavy atom. The molecule has 6 nitrogen and oxygen atoms in total. The van der Waals surface area contributed by atoms with E-state index in [0.717, 1.165) is 16.7 Å². The lowest BCUT2D eigenvalue weighted by Gasteiger charge is -2.13. The zero-order valence-electron chi connectivity index (χ0n) is 18.0. The number of carbonyl (C=O) groups is 3. The average Bonchev–Trinajstić information content (AvgIpc) is 3.09. The SMILES string of the molecule is O=C(COc1ccc(Cl)cc1/C=C1\SC(=O)N(Cc2ccccc2Cl)C1=O)Nc1ccccc1Cl. The molecule has 0 saturated carbocycles. The first-order valence-corrected chi connectivity index (χ1v) is 12.2. The minimum atomic E-state index is -0.456. The van der Waals surface area contributed by atoms with E-state index in [4.69, 9.17) is 39.5 Å². The fourth-order valence-corrected chi connectivity index (χ4v) is 4.62. The molecule has 0 aromatic heterocycles. The van der Waals surface area contributed by atoms with Crippen molar-refractivity contribution in [2.45, 2.75) is 6.54 Å². The van der Waals surface area contributed by atoms with Gasteiger partial charge < -0.3 is 10.1 Å². The number of thioether (sulfide) groups is 1. The van der Waals surface area contributed by atoms with Crippen LogP contribution in [0.15, 0.2) is 71.6 Å². The number of anilines is 1. The summed E-state index contributed by atoms with van der Waals surface area (Å²) in [4.78, 5) is 39.2. The maximum atomic E-state index is 13.0. The van der Waals surface area contributed by atoms with Crippen LogP contribution >= 0.6 is 46.6 Å². The summed E-state index contributed by atoms with van der Waals surface area (Å²) < 4.78 is 5.68. The van der Waals surface area contributed by atoms with E-state index in [1.807, 2.05) is 0 Å². The molecule has 0 unspecified atom stereocenters. The molecule has 1 aliphatic rings. The van der Waals surface area contributed by atoms with Gasteiger partial charge in [0.2, 0.25) is 0 Å². The highest BCUT2D eigenvalue weighted by Crippen LogP contribution is 2.36. The Morgan fingerprint density at radius 1 is 0.971 bits per heavy atom. The van der Waals surface area contributed by atoms with Gasteiger partial charge in [0.15, 0.2) is 6.61 Å². The number of para-hydroxylation sites is 1. The molecule has 10 heteroatoms. The molecular weight excluding hydrogens is 531 g/mol. The summed E-state index contributed by atoms with van der Waals surface area (Å²) in [6, 6.07) is 18.6. The summed E-state index contributed by atoms with van der Waals surface area (Å²) in [5.41, 5.74) is 1.58. The Morgan fingerprint density at radius 3 is 2.43 bits per heavy atom. The molecule has 35 heavy (non-hydrogen) atoms. The topological polar surface area (TPSA) is 75.7 Å². The second-order valence-corrected chi connectivity index (χ2v) is 9.60. The van der Waals surface area contributed by atoms with Gasteiger partial charge in [-0.3, -0.25) is 19.3 Å². The molecule has 178 valence electrons. The smallest absolute Gasteiger partial charge is 0.293 e. The lowest BCUT2D eigenvalue weighted by molar-refractivity contribution is -0.123. The number of benzene rings is 3. The first-order chi connectivity index (χ1) is 16.8. The highest BCUT2D eigenvalue weighted by atomic mass is 35.5. The Balaban J connectivity index is 1.49. The number of amides is 3. The van der Waals surface area contributed by atoms with Crippen molar-refractivity contribution in [1.29, 1.82) is 0 Å². The quantitative estimate of drug-likeness (QED) is 0.326. The lowest BCUT2D eigenvalue weighted by Crippen LogP contribution is -2.27. The number of nitrogens with zero attached hydrogens (tertiary/aromatic N) is 1. The van der Waals surface area contributed by atoms with Crippen LogP contribution in [0, 0.1) is 0 Å². The monoisotopic (exact) mass is 546 g/mol. The first kappa shape index (κ1) is 25.1. The van der Waals surface area contributed by atoms with Crippen LogP contribution in [0.25, 0.3) is 6.08 Å². The van der Waals surface area contributed by atoms with Crippen LogP contribution < -0.4 is 10.1 Å². The fourth-order valence-electron chi connectivity index (χ4n) is 3.23. The minimum Gasteiger partial charge on any atom is -0.483 e. The van der Waals surface area contributed by atoms with Gasteiger partial charge in [-0.15, -0.1) is 0 Å². The minimum absolute atomic E-state index is 0.0583. The second-order valence-electron chi connectivity index (χ2n) is 7.36. The number of nitrogens with one attached hydrogen (secondary N) is 1.